The van der Waals surface area contributed by atoms with E-state index in [0.717, 1.165) is 24.0 Å². The Bertz CT molecular complexity index is 1590. The normalized spacial score (nSPS) is 12.9. The lowest BCUT2D eigenvalue weighted by Gasteiger charge is -2.28. The molecule has 4 aromatic carbocycles. The van der Waals surface area contributed by atoms with Gasteiger partial charge >= 0.3 is 0 Å². The van der Waals surface area contributed by atoms with Crippen LogP contribution in [0.4, 0.5) is 10.1 Å². The van der Waals surface area contributed by atoms with Crippen LogP contribution in [0.2, 0.25) is 0 Å². The first kappa shape index (κ1) is 35.9. The van der Waals surface area contributed by atoms with Crippen LogP contribution in [-0.4, -0.2) is 57.9 Å². The molecule has 0 aliphatic heterocycles. The summed E-state index contributed by atoms with van der Waals surface area (Å²) < 4.78 is 50.7. The Morgan fingerprint density at radius 3 is 2.09 bits per heavy atom. The molecular formula is C37H44FN3O5S. The van der Waals surface area contributed by atoms with Gasteiger partial charge in [0, 0.05) is 42.9 Å². The molecule has 0 saturated carbocycles. The van der Waals surface area contributed by atoms with Crippen LogP contribution in [0.15, 0.2) is 114 Å². The third kappa shape index (κ3) is 10.5. The molecule has 1 unspecified atom stereocenters. The molecule has 250 valence electrons. The molecule has 8 nitrogen and oxygen atoms in total. The van der Waals surface area contributed by atoms with E-state index in [2.05, 4.69) is 22.3 Å². The molecule has 2 atom stereocenters. The summed E-state index contributed by atoms with van der Waals surface area (Å²) in [7, 11) is -3.86. The first-order chi connectivity index (χ1) is 22.8. The van der Waals surface area contributed by atoms with E-state index in [9.17, 15) is 18.3 Å². The van der Waals surface area contributed by atoms with Crippen LogP contribution in [0.25, 0.3) is 0 Å². The largest absolute Gasteiger partial charge is 0.395 e. The van der Waals surface area contributed by atoms with Gasteiger partial charge in [-0.05, 0) is 54.7 Å². The quantitative estimate of drug-likeness (QED) is 0.0967. The van der Waals surface area contributed by atoms with Crippen LogP contribution in [-0.2, 0) is 26.0 Å². The lowest BCUT2D eigenvalue weighted by atomic mass is 9.86. The molecule has 0 saturated heterocycles. The number of rotatable bonds is 19. The van der Waals surface area contributed by atoms with Crippen LogP contribution >= 0.6 is 0 Å². The molecule has 0 aliphatic rings. The van der Waals surface area contributed by atoms with Gasteiger partial charge in [-0.15, -0.1) is 0 Å². The van der Waals surface area contributed by atoms with Crippen molar-refractivity contribution >= 4 is 21.6 Å². The zero-order valence-electron chi connectivity index (χ0n) is 26.6. The van der Waals surface area contributed by atoms with E-state index in [4.69, 9.17) is 4.74 Å². The zero-order chi connectivity index (χ0) is 33.5. The molecule has 0 fully saturated rings. The smallest absolute Gasteiger partial charge is 0.254 e. The predicted molar refractivity (Wildman–Crippen MR) is 183 cm³/mol. The van der Waals surface area contributed by atoms with Gasteiger partial charge in [0.05, 0.1) is 11.5 Å². The summed E-state index contributed by atoms with van der Waals surface area (Å²) in [5, 5.41) is 15.2. The number of aliphatic hydroxyl groups excluding tert-OH is 1. The van der Waals surface area contributed by atoms with E-state index in [-0.39, 0.29) is 43.0 Å². The van der Waals surface area contributed by atoms with Gasteiger partial charge in [0.25, 0.3) is 5.91 Å². The van der Waals surface area contributed by atoms with Crippen molar-refractivity contribution in [2.45, 2.75) is 55.6 Å². The second-order valence-electron chi connectivity index (χ2n) is 11.3. The number of sulfonamides is 1. The van der Waals surface area contributed by atoms with E-state index in [0.29, 0.717) is 12.3 Å². The molecular weight excluding hydrogens is 617 g/mol. The summed E-state index contributed by atoms with van der Waals surface area (Å²) in [5.41, 5.74) is 2.39. The summed E-state index contributed by atoms with van der Waals surface area (Å²) in [6.45, 7) is 2.80. The summed E-state index contributed by atoms with van der Waals surface area (Å²) in [5.74, 6) is -1.33. The van der Waals surface area contributed by atoms with Gasteiger partial charge in [-0.25, -0.2) is 17.5 Å². The fraction of sp³-hybridized carbons (Fsp3) is 0.324. The number of amides is 1. The van der Waals surface area contributed by atoms with Crippen LogP contribution in [0.5, 0.6) is 0 Å². The molecule has 47 heavy (non-hydrogen) atoms. The van der Waals surface area contributed by atoms with Crippen molar-refractivity contribution in [3.8, 4) is 0 Å². The number of carbonyl (C=O) groups is 1. The number of aliphatic hydroxyl groups is 1. The highest BCUT2D eigenvalue weighted by Crippen LogP contribution is 2.32. The SMILES string of the molecule is CCCCOC(C(=O)Nc1cccc(F)c1CC[C@@H](CNCCO)NS(=O)(=O)c1ccccc1)C(c1ccccc1)c1ccccc1. The van der Waals surface area contributed by atoms with Crippen LogP contribution < -0.4 is 15.4 Å². The molecule has 4 N–H and O–H groups in total. The standard InChI is InChI=1S/C37H44FN3O5S/c1-2-3-26-46-36(35(28-14-7-4-8-15-28)29-16-9-5-10-17-29)37(43)40-34-21-13-20-33(38)32(34)23-22-30(27-39-24-25-42)41-47(44,45)31-18-11-6-12-19-31/h4-21,30,35-36,39,41-42H,2-3,22-27H2,1H3,(H,40,43)/t30-,36?/m0/s1. The number of nitrogens with one attached hydrogen (secondary N) is 3. The van der Waals surface area contributed by atoms with Crippen molar-refractivity contribution < 1.29 is 27.4 Å². The number of benzene rings is 4. The van der Waals surface area contributed by atoms with Gasteiger partial charge in [0.2, 0.25) is 10.0 Å². The highest BCUT2D eigenvalue weighted by atomic mass is 32.2. The minimum atomic E-state index is -3.86. The molecule has 4 rings (SSSR count). The fourth-order valence-corrected chi connectivity index (χ4v) is 6.73. The van der Waals surface area contributed by atoms with Crippen LogP contribution in [0.1, 0.15) is 48.8 Å². The molecule has 4 aromatic rings. The molecule has 0 bridgehead atoms. The Hall–Kier alpha value is -3.93. The van der Waals surface area contributed by atoms with Crippen LogP contribution in [0.3, 0.4) is 0 Å². The fourth-order valence-electron chi connectivity index (χ4n) is 5.44. The number of hydrogen-bond donors (Lipinski definition) is 4. The number of halogens is 1. The molecule has 0 aliphatic carbocycles. The Kier molecular flexibility index (Phi) is 14.1. The maximum atomic E-state index is 15.4. The molecule has 0 spiro atoms. The van der Waals surface area contributed by atoms with Crippen molar-refractivity contribution in [1.82, 2.24) is 10.0 Å². The Morgan fingerprint density at radius 2 is 1.49 bits per heavy atom. The van der Waals surface area contributed by atoms with Crippen molar-refractivity contribution in [2.75, 3.05) is 31.6 Å². The zero-order valence-corrected chi connectivity index (χ0v) is 27.5. The average molecular weight is 662 g/mol. The summed E-state index contributed by atoms with van der Waals surface area (Å²) in [6, 6.07) is 31.3. The minimum Gasteiger partial charge on any atom is -0.395 e. The predicted octanol–water partition coefficient (Wildman–Crippen LogP) is 5.64. The topological polar surface area (TPSA) is 117 Å². The van der Waals surface area contributed by atoms with Crippen LogP contribution in [0, 0.1) is 5.82 Å². The molecule has 0 heterocycles. The van der Waals surface area contributed by atoms with E-state index in [1.165, 1.54) is 24.3 Å². The van der Waals surface area contributed by atoms with Gasteiger partial charge < -0.3 is 20.5 Å². The second kappa shape index (κ2) is 18.4. The van der Waals surface area contributed by atoms with Gasteiger partial charge in [0.1, 0.15) is 11.9 Å². The van der Waals surface area contributed by atoms with Gasteiger partial charge in [-0.2, -0.15) is 0 Å². The van der Waals surface area contributed by atoms with E-state index < -0.39 is 39.8 Å². The van der Waals surface area contributed by atoms with E-state index >= 15 is 4.39 Å². The van der Waals surface area contributed by atoms with Gasteiger partial charge in [-0.3, -0.25) is 4.79 Å². The lowest BCUT2D eigenvalue weighted by Crippen LogP contribution is -2.43. The highest BCUT2D eigenvalue weighted by molar-refractivity contribution is 7.89. The number of ether oxygens (including phenoxy) is 1. The maximum Gasteiger partial charge on any atom is 0.254 e. The van der Waals surface area contributed by atoms with Crippen molar-refractivity contribution in [2.24, 2.45) is 0 Å². The van der Waals surface area contributed by atoms with E-state index in [1.807, 2.05) is 60.7 Å². The van der Waals surface area contributed by atoms with E-state index in [1.54, 1.807) is 24.3 Å². The van der Waals surface area contributed by atoms with Crippen molar-refractivity contribution in [1.29, 1.82) is 0 Å². The second-order valence-corrected chi connectivity index (χ2v) is 13.0. The Labute approximate surface area is 277 Å². The summed E-state index contributed by atoms with van der Waals surface area (Å²) >= 11 is 0. The van der Waals surface area contributed by atoms with Crippen molar-refractivity contribution in [3.63, 3.8) is 0 Å². The molecule has 0 aromatic heterocycles. The summed E-state index contributed by atoms with van der Waals surface area (Å²) in [6.07, 6.45) is 1.12. The first-order valence-corrected chi connectivity index (χ1v) is 17.5. The summed E-state index contributed by atoms with van der Waals surface area (Å²) in [4.78, 5) is 14.2. The van der Waals surface area contributed by atoms with Gasteiger partial charge in [0.15, 0.2) is 0 Å². The third-order valence-corrected chi connectivity index (χ3v) is 9.38. The monoisotopic (exact) mass is 661 g/mol. The number of unbranched alkanes of at least 4 members (excludes halogenated alkanes) is 1. The molecule has 0 radical (unpaired) electrons. The molecule has 1 amide bonds. The highest BCUT2D eigenvalue weighted by Gasteiger charge is 2.32. The minimum absolute atomic E-state index is 0.115. The first-order valence-electron chi connectivity index (χ1n) is 16.0. The Balaban J connectivity index is 1.60. The lowest BCUT2D eigenvalue weighted by molar-refractivity contribution is -0.128. The molecule has 10 heteroatoms. The van der Waals surface area contributed by atoms with Crippen molar-refractivity contribution in [3.05, 3.63) is 132 Å². The maximum absolute atomic E-state index is 15.4. The average Bonchev–Trinajstić information content (AvgIpc) is 3.08. The number of anilines is 1. The Morgan fingerprint density at radius 1 is 0.872 bits per heavy atom. The third-order valence-electron chi connectivity index (χ3n) is 7.85. The number of carbonyl (C=O) groups excluding carboxylic acids is 1. The van der Waals surface area contributed by atoms with Gasteiger partial charge in [-0.1, -0.05) is 98.3 Å². The number of hydrogen-bond acceptors (Lipinski definition) is 6.